The number of piperidine rings is 3. The van der Waals surface area contributed by atoms with Gasteiger partial charge in [0.15, 0.2) is 0 Å². The standard InChI is InChI=1S/C17H23N5O3/c23-22(24)17-2-1-14(21-7-9-25-10-8-21)11-15(17)18-19-16-12-20-5-3-13(16)4-6-20/h1-2,11,13,18H,3-10,12H2/b19-16-. The van der Waals surface area contributed by atoms with Gasteiger partial charge in [-0.3, -0.25) is 20.4 Å². The summed E-state index contributed by atoms with van der Waals surface area (Å²) in [7, 11) is 0. The zero-order chi connectivity index (χ0) is 17.2. The van der Waals surface area contributed by atoms with Crippen molar-refractivity contribution in [1.29, 1.82) is 0 Å². The van der Waals surface area contributed by atoms with Crippen molar-refractivity contribution in [2.24, 2.45) is 11.0 Å². The predicted octanol–water partition coefficient (Wildman–Crippen LogP) is 1.92. The number of hydrogen-bond donors (Lipinski definition) is 1. The second kappa shape index (κ2) is 6.97. The lowest BCUT2D eigenvalue weighted by molar-refractivity contribution is -0.383. The van der Waals surface area contributed by atoms with E-state index in [2.05, 4.69) is 20.3 Å². The fourth-order valence-electron chi connectivity index (χ4n) is 3.83. The van der Waals surface area contributed by atoms with Gasteiger partial charge in [0.1, 0.15) is 5.69 Å². The molecule has 5 rings (SSSR count). The molecule has 25 heavy (non-hydrogen) atoms. The molecular formula is C17H23N5O3. The Balaban J connectivity index is 1.57. The van der Waals surface area contributed by atoms with Crippen molar-refractivity contribution in [3.8, 4) is 0 Å². The summed E-state index contributed by atoms with van der Waals surface area (Å²) in [6, 6.07) is 5.19. The molecule has 4 saturated heterocycles. The van der Waals surface area contributed by atoms with E-state index in [1.807, 2.05) is 6.07 Å². The largest absolute Gasteiger partial charge is 0.378 e. The van der Waals surface area contributed by atoms with Crippen LogP contribution in [0.3, 0.4) is 0 Å². The van der Waals surface area contributed by atoms with E-state index in [0.29, 0.717) is 24.8 Å². The molecule has 134 valence electrons. The third-order valence-corrected chi connectivity index (χ3v) is 5.32. The number of ether oxygens (including phenoxy) is 1. The van der Waals surface area contributed by atoms with Gasteiger partial charge in [-0.2, -0.15) is 5.10 Å². The highest BCUT2D eigenvalue weighted by molar-refractivity contribution is 5.90. The van der Waals surface area contributed by atoms with Gasteiger partial charge in [-0.05, 0) is 38.1 Å². The molecule has 0 aliphatic carbocycles. The molecule has 0 unspecified atom stereocenters. The van der Waals surface area contributed by atoms with E-state index in [1.165, 1.54) is 0 Å². The van der Waals surface area contributed by atoms with Crippen LogP contribution in [0.5, 0.6) is 0 Å². The number of benzene rings is 1. The van der Waals surface area contributed by atoms with Crippen LogP contribution in [-0.4, -0.2) is 61.5 Å². The summed E-state index contributed by atoms with van der Waals surface area (Å²) in [5.41, 5.74) is 5.58. The van der Waals surface area contributed by atoms with Gasteiger partial charge in [0.25, 0.3) is 5.69 Å². The smallest absolute Gasteiger partial charge is 0.294 e. The average molecular weight is 345 g/mol. The molecule has 0 saturated carbocycles. The summed E-state index contributed by atoms with van der Waals surface area (Å²) in [4.78, 5) is 15.6. The summed E-state index contributed by atoms with van der Waals surface area (Å²) in [5, 5.41) is 15.9. The molecule has 1 aromatic rings. The molecule has 1 aromatic carbocycles. The molecular weight excluding hydrogens is 322 g/mol. The molecule has 0 spiro atoms. The van der Waals surface area contributed by atoms with Crippen molar-refractivity contribution in [2.75, 3.05) is 56.3 Å². The van der Waals surface area contributed by atoms with Gasteiger partial charge in [-0.25, -0.2) is 0 Å². The molecule has 8 nitrogen and oxygen atoms in total. The first-order valence-corrected chi connectivity index (χ1v) is 8.86. The van der Waals surface area contributed by atoms with Gasteiger partial charge in [0, 0.05) is 37.3 Å². The predicted molar refractivity (Wildman–Crippen MR) is 96.4 cm³/mol. The summed E-state index contributed by atoms with van der Waals surface area (Å²) in [6.07, 6.45) is 2.27. The van der Waals surface area contributed by atoms with Crippen molar-refractivity contribution in [2.45, 2.75) is 12.8 Å². The highest BCUT2D eigenvalue weighted by Gasteiger charge is 2.31. The van der Waals surface area contributed by atoms with Crippen molar-refractivity contribution in [3.05, 3.63) is 28.3 Å². The summed E-state index contributed by atoms with van der Waals surface area (Å²) < 4.78 is 5.38. The Morgan fingerprint density at radius 3 is 2.60 bits per heavy atom. The number of nitro groups is 1. The SMILES string of the molecule is O=[N+]([O-])c1ccc(N2CCOCC2)cc1N/N=C1/CN2CCC1CC2. The zero-order valence-corrected chi connectivity index (χ0v) is 14.2. The lowest BCUT2D eigenvalue weighted by Gasteiger charge is -2.39. The number of nitrogens with zero attached hydrogens (tertiary/aromatic N) is 4. The summed E-state index contributed by atoms with van der Waals surface area (Å²) >= 11 is 0. The van der Waals surface area contributed by atoms with Crippen molar-refractivity contribution in [1.82, 2.24) is 4.90 Å². The second-order valence-electron chi connectivity index (χ2n) is 6.82. The van der Waals surface area contributed by atoms with E-state index in [-0.39, 0.29) is 10.6 Å². The molecule has 8 heteroatoms. The quantitative estimate of drug-likeness (QED) is 0.663. The number of fused-ring (bicyclic) bond motifs is 3. The van der Waals surface area contributed by atoms with Crippen molar-refractivity contribution >= 4 is 22.8 Å². The lowest BCUT2D eigenvalue weighted by Crippen LogP contribution is -2.48. The Hall–Kier alpha value is -2.19. The maximum atomic E-state index is 11.4. The molecule has 1 N–H and O–H groups in total. The first-order valence-electron chi connectivity index (χ1n) is 8.86. The lowest BCUT2D eigenvalue weighted by atomic mass is 9.87. The van der Waals surface area contributed by atoms with Crippen LogP contribution in [0.4, 0.5) is 17.1 Å². The van der Waals surface area contributed by atoms with Crippen LogP contribution in [0.15, 0.2) is 23.3 Å². The van der Waals surface area contributed by atoms with E-state index in [9.17, 15) is 10.1 Å². The van der Waals surface area contributed by atoms with Gasteiger partial charge in [0.05, 0.1) is 23.8 Å². The van der Waals surface area contributed by atoms with Gasteiger partial charge in [0.2, 0.25) is 0 Å². The second-order valence-corrected chi connectivity index (χ2v) is 6.82. The molecule has 0 atom stereocenters. The van der Waals surface area contributed by atoms with Crippen molar-refractivity contribution < 1.29 is 9.66 Å². The number of anilines is 2. The molecule has 4 aliphatic rings. The van der Waals surface area contributed by atoms with E-state index in [0.717, 1.165) is 57.0 Å². The molecule has 4 fully saturated rings. The minimum absolute atomic E-state index is 0.0580. The minimum Gasteiger partial charge on any atom is -0.378 e. The van der Waals surface area contributed by atoms with Crippen LogP contribution >= 0.6 is 0 Å². The zero-order valence-electron chi connectivity index (χ0n) is 14.2. The first kappa shape index (κ1) is 16.3. The summed E-state index contributed by atoms with van der Waals surface area (Å²) in [5.74, 6) is 0.513. The number of nitro benzene ring substituents is 1. The van der Waals surface area contributed by atoms with Crippen molar-refractivity contribution in [3.63, 3.8) is 0 Å². The van der Waals surface area contributed by atoms with E-state index in [4.69, 9.17) is 4.74 Å². The number of nitrogens with one attached hydrogen (secondary N) is 1. The Morgan fingerprint density at radius 2 is 1.96 bits per heavy atom. The van der Waals surface area contributed by atoms with Gasteiger partial charge >= 0.3 is 0 Å². The number of rotatable bonds is 4. The molecule has 0 amide bonds. The number of hydrogen-bond acceptors (Lipinski definition) is 7. The highest BCUT2D eigenvalue weighted by atomic mass is 16.6. The Kier molecular flexibility index (Phi) is 4.54. The molecule has 0 aromatic heterocycles. The fourth-order valence-corrected chi connectivity index (χ4v) is 3.83. The van der Waals surface area contributed by atoms with E-state index >= 15 is 0 Å². The van der Waals surface area contributed by atoms with E-state index in [1.54, 1.807) is 12.1 Å². The topological polar surface area (TPSA) is 83.2 Å². The number of morpholine rings is 1. The van der Waals surface area contributed by atoms with Gasteiger partial charge in [-0.1, -0.05) is 0 Å². The maximum Gasteiger partial charge on any atom is 0.294 e. The van der Waals surface area contributed by atoms with Crippen LogP contribution in [-0.2, 0) is 4.74 Å². The average Bonchev–Trinajstić information content (AvgIpc) is 2.67. The van der Waals surface area contributed by atoms with Crippen LogP contribution < -0.4 is 10.3 Å². The van der Waals surface area contributed by atoms with E-state index < -0.39 is 0 Å². The summed E-state index contributed by atoms with van der Waals surface area (Å²) in [6.45, 7) is 6.09. The monoisotopic (exact) mass is 345 g/mol. The molecule has 2 bridgehead atoms. The third-order valence-electron chi connectivity index (χ3n) is 5.32. The van der Waals surface area contributed by atoms with Crippen LogP contribution in [0.1, 0.15) is 12.8 Å². The van der Waals surface area contributed by atoms with Crippen LogP contribution in [0.2, 0.25) is 0 Å². The molecule has 0 radical (unpaired) electrons. The van der Waals surface area contributed by atoms with Gasteiger partial charge in [-0.15, -0.1) is 0 Å². The maximum absolute atomic E-state index is 11.4. The van der Waals surface area contributed by atoms with Gasteiger partial charge < -0.3 is 9.64 Å². The third kappa shape index (κ3) is 3.45. The molecule has 4 heterocycles. The number of hydrazone groups is 1. The Morgan fingerprint density at radius 1 is 1.20 bits per heavy atom. The molecule has 4 aliphatic heterocycles. The normalized spacial score (nSPS) is 27.5. The highest BCUT2D eigenvalue weighted by Crippen LogP contribution is 2.31. The minimum atomic E-state index is -0.359. The first-order chi connectivity index (χ1) is 12.2. The van der Waals surface area contributed by atoms with Crippen LogP contribution in [0.25, 0.3) is 0 Å². The Labute approximate surface area is 146 Å². The Bertz CT molecular complexity index is 679. The van der Waals surface area contributed by atoms with Crippen LogP contribution in [0, 0.1) is 16.0 Å². The fraction of sp³-hybridized carbons (Fsp3) is 0.588.